The Balaban J connectivity index is 1.98. The Kier molecular flexibility index (Phi) is 2.50. The molecule has 0 spiro atoms. The summed E-state index contributed by atoms with van der Waals surface area (Å²) >= 11 is 0. The molecule has 0 saturated heterocycles. The third-order valence-corrected chi connectivity index (χ3v) is 3.71. The summed E-state index contributed by atoms with van der Waals surface area (Å²) in [7, 11) is 1.87. The van der Waals surface area contributed by atoms with Crippen LogP contribution in [-0.4, -0.2) is 19.9 Å². The summed E-state index contributed by atoms with van der Waals surface area (Å²) < 4.78 is 7.24. The second kappa shape index (κ2) is 4.39. The van der Waals surface area contributed by atoms with Crippen molar-refractivity contribution in [2.24, 2.45) is 7.05 Å². The zero-order valence-corrected chi connectivity index (χ0v) is 11.6. The molecule has 7 nitrogen and oxygen atoms in total. The number of fused-ring (bicyclic) bond motifs is 3. The van der Waals surface area contributed by atoms with E-state index in [-0.39, 0.29) is 5.69 Å². The predicted octanol–water partition coefficient (Wildman–Crippen LogP) is 3.29. The number of rotatable bonds is 2. The summed E-state index contributed by atoms with van der Waals surface area (Å²) in [6.07, 6.45) is 1.77. The van der Waals surface area contributed by atoms with E-state index in [2.05, 4.69) is 10.3 Å². The summed E-state index contributed by atoms with van der Waals surface area (Å²) in [5, 5.41) is 20.9. The van der Waals surface area contributed by atoms with Gasteiger partial charge in [-0.1, -0.05) is 5.16 Å². The minimum absolute atomic E-state index is 0.0408. The van der Waals surface area contributed by atoms with Crippen LogP contribution in [-0.2, 0) is 7.05 Å². The lowest BCUT2D eigenvalue weighted by molar-refractivity contribution is -0.384. The lowest BCUT2D eigenvalue weighted by Gasteiger charge is -1.98. The maximum Gasteiger partial charge on any atom is 0.269 e. The van der Waals surface area contributed by atoms with Crippen molar-refractivity contribution in [3.8, 4) is 11.3 Å². The topological polar surface area (TPSA) is 87.0 Å². The number of hydrogen-bond donors (Lipinski definition) is 0. The van der Waals surface area contributed by atoms with Crippen LogP contribution in [0.5, 0.6) is 0 Å². The molecule has 0 aliphatic rings. The molecule has 0 radical (unpaired) electrons. The van der Waals surface area contributed by atoms with Crippen molar-refractivity contribution in [2.45, 2.75) is 0 Å². The molecule has 0 aliphatic carbocycles. The van der Waals surface area contributed by atoms with E-state index < -0.39 is 4.92 Å². The number of nitro groups is 1. The average Bonchev–Trinajstić information content (AvgIpc) is 3.11. The fraction of sp³-hybridized carbons (Fsp3) is 0.0667. The molecule has 0 fully saturated rings. The predicted molar refractivity (Wildman–Crippen MR) is 80.4 cm³/mol. The van der Waals surface area contributed by atoms with Gasteiger partial charge in [0.15, 0.2) is 5.76 Å². The zero-order valence-electron chi connectivity index (χ0n) is 11.6. The second-order valence-corrected chi connectivity index (χ2v) is 4.98. The van der Waals surface area contributed by atoms with E-state index in [0.717, 1.165) is 27.4 Å². The van der Waals surface area contributed by atoms with Gasteiger partial charge >= 0.3 is 0 Å². The van der Waals surface area contributed by atoms with Crippen molar-refractivity contribution in [3.05, 3.63) is 52.7 Å². The molecule has 2 aromatic heterocycles. The van der Waals surface area contributed by atoms with Crippen LogP contribution in [0, 0.1) is 10.1 Å². The van der Waals surface area contributed by atoms with Crippen molar-refractivity contribution in [2.75, 3.05) is 0 Å². The van der Waals surface area contributed by atoms with E-state index in [4.69, 9.17) is 4.52 Å². The van der Waals surface area contributed by atoms with E-state index in [1.807, 2.05) is 19.2 Å². The first-order valence-electron chi connectivity index (χ1n) is 6.60. The van der Waals surface area contributed by atoms with E-state index >= 15 is 0 Å². The lowest BCUT2D eigenvalue weighted by atomic mass is 10.1. The molecule has 0 saturated carbocycles. The molecule has 0 atom stereocenters. The Hall–Kier alpha value is -3.22. The number of aromatic nitrogens is 3. The maximum atomic E-state index is 10.7. The number of nitro benzene ring substituents is 1. The normalized spacial score (nSPS) is 11.3. The van der Waals surface area contributed by atoms with Gasteiger partial charge in [0.1, 0.15) is 5.52 Å². The van der Waals surface area contributed by atoms with E-state index in [1.165, 1.54) is 12.1 Å². The zero-order chi connectivity index (χ0) is 15.3. The van der Waals surface area contributed by atoms with Crippen molar-refractivity contribution >= 4 is 27.5 Å². The van der Waals surface area contributed by atoms with Crippen LogP contribution in [0.2, 0.25) is 0 Å². The van der Waals surface area contributed by atoms with Crippen LogP contribution in [0.4, 0.5) is 5.69 Å². The van der Waals surface area contributed by atoms with E-state index in [1.54, 1.807) is 23.0 Å². The molecule has 4 aromatic rings. The molecular formula is C15H10N4O3. The first kappa shape index (κ1) is 12.5. The van der Waals surface area contributed by atoms with Gasteiger partial charge in [-0.25, -0.2) is 0 Å². The van der Waals surface area contributed by atoms with Gasteiger partial charge in [0.05, 0.1) is 22.0 Å². The molecular weight excluding hydrogens is 284 g/mol. The molecule has 108 valence electrons. The number of nitrogens with zero attached hydrogens (tertiary/aromatic N) is 4. The Morgan fingerprint density at radius 2 is 1.95 bits per heavy atom. The second-order valence-electron chi connectivity index (χ2n) is 4.98. The first-order valence-corrected chi connectivity index (χ1v) is 6.60. The average molecular weight is 294 g/mol. The Morgan fingerprint density at radius 3 is 2.68 bits per heavy atom. The smallest absolute Gasteiger partial charge is 0.269 e. The van der Waals surface area contributed by atoms with Crippen LogP contribution in [0.1, 0.15) is 0 Å². The Labute approximate surface area is 123 Å². The molecule has 22 heavy (non-hydrogen) atoms. The number of benzene rings is 2. The van der Waals surface area contributed by atoms with Gasteiger partial charge in [0, 0.05) is 30.1 Å². The Bertz CT molecular complexity index is 1010. The minimum Gasteiger partial charge on any atom is -0.355 e. The van der Waals surface area contributed by atoms with Crippen molar-refractivity contribution in [1.82, 2.24) is 14.9 Å². The molecule has 2 heterocycles. The summed E-state index contributed by atoms with van der Waals surface area (Å²) in [5.41, 5.74) is 2.48. The van der Waals surface area contributed by atoms with E-state index in [0.29, 0.717) is 5.76 Å². The third kappa shape index (κ3) is 1.69. The van der Waals surface area contributed by atoms with Crippen LogP contribution in [0.3, 0.4) is 0 Å². The molecule has 0 bridgehead atoms. The molecule has 7 heteroatoms. The highest BCUT2D eigenvalue weighted by Gasteiger charge is 2.16. The van der Waals surface area contributed by atoms with E-state index in [9.17, 15) is 10.1 Å². The van der Waals surface area contributed by atoms with Gasteiger partial charge in [-0.2, -0.15) is 5.10 Å². The fourth-order valence-corrected chi connectivity index (χ4v) is 2.60. The highest BCUT2D eigenvalue weighted by atomic mass is 16.6. The van der Waals surface area contributed by atoms with Crippen LogP contribution < -0.4 is 0 Å². The summed E-state index contributed by atoms with van der Waals surface area (Å²) in [5.74, 6) is 0.587. The Morgan fingerprint density at radius 1 is 1.18 bits per heavy atom. The van der Waals surface area contributed by atoms with Gasteiger partial charge in [-0.15, -0.1) is 0 Å². The van der Waals surface area contributed by atoms with Crippen LogP contribution in [0.25, 0.3) is 33.1 Å². The van der Waals surface area contributed by atoms with Gasteiger partial charge in [-0.3, -0.25) is 14.8 Å². The quantitative estimate of drug-likeness (QED) is 0.418. The van der Waals surface area contributed by atoms with Gasteiger partial charge in [0.2, 0.25) is 0 Å². The molecule has 0 N–H and O–H groups in total. The minimum atomic E-state index is -0.429. The van der Waals surface area contributed by atoms with Crippen LogP contribution in [0.15, 0.2) is 47.1 Å². The largest absolute Gasteiger partial charge is 0.355 e. The molecule has 0 amide bonds. The van der Waals surface area contributed by atoms with Crippen LogP contribution >= 0.6 is 0 Å². The molecule has 2 aromatic carbocycles. The van der Waals surface area contributed by atoms with Crippen molar-refractivity contribution in [1.29, 1.82) is 0 Å². The highest BCUT2D eigenvalue weighted by Crippen LogP contribution is 2.34. The standard InChI is InChI=1S/C15H10N4O3/c1-18-13-7-6-12-14(11(13)8-16-18)15(22-17-12)9-2-4-10(5-3-9)19(20)21/h2-8H,1H3. The summed E-state index contributed by atoms with van der Waals surface area (Å²) in [6.45, 7) is 0. The van der Waals surface area contributed by atoms with Gasteiger partial charge in [-0.05, 0) is 24.3 Å². The monoisotopic (exact) mass is 294 g/mol. The van der Waals surface area contributed by atoms with Gasteiger partial charge in [0.25, 0.3) is 5.69 Å². The fourth-order valence-electron chi connectivity index (χ4n) is 2.60. The maximum absolute atomic E-state index is 10.7. The number of hydrogen-bond acceptors (Lipinski definition) is 5. The van der Waals surface area contributed by atoms with Gasteiger partial charge < -0.3 is 4.52 Å². The molecule has 0 aliphatic heterocycles. The lowest BCUT2D eigenvalue weighted by Crippen LogP contribution is -1.88. The summed E-state index contributed by atoms with van der Waals surface area (Å²) in [4.78, 5) is 10.3. The first-order chi connectivity index (χ1) is 10.6. The van der Waals surface area contributed by atoms with Crippen molar-refractivity contribution in [3.63, 3.8) is 0 Å². The van der Waals surface area contributed by atoms with Crippen molar-refractivity contribution < 1.29 is 9.45 Å². The third-order valence-electron chi connectivity index (χ3n) is 3.71. The summed E-state index contributed by atoms with van der Waals surface area (Å²) in [6, 6.07) is 10.0. The number of non-ortho nitro benzene ring substituents is 1. The SMILES string of the molecule is Cn1ncc2c3c(-c4ccc([N+](=O)[O-])cc4)onc3ccc21. The molecule has 4 rings (SSSR count). The molecule has 0 unspecified atom stereocenters. The highest BCUT2D eigenvalue weighted by molar-refractivity contribution is 6.10. The number of aryl methyl sites for hydroxylation is 1.